The van der Waals surface area contributed by atoms with Crippen molar-refractivity contribution < 1.29 is 29.0 Å². The maximum Gasteiger partial charge on any atom is 0.341 e. The molecule has 1 N–H and O–H groups in total. The summed E-state index contributed by atoms with van der Waals surface area (Å²) in [6.45, 7) is -0.447. The van der Waals surface area contributed by atoms with E-state index in [1.807, 2.05) is 6.07 Å². The van der Waals surface area contributed by atoms with Crippen LogP contribution in [0.2, 0.25) is 0 Å². The fourth-order valence-electron chi connectivity index (χ4n) is 4.08. The Bertz CT molecular complexity index is 850. The van der Waals surface area contributed by atoms with Crippen molar-refractivity contribution in [2.45, 2.75) is 44.4 Å². The number of ketones is 2. The van der Waals surface area contributed by atoms with E-state index >= 15 is 0 Å². The van der Waals surface area contributed by atoms with E-state index in [0.29, 0.717) is 54.1 Å². The zero-order valence-electron chi connectivity index (χ0n) is 14.8. The average Bonchev–Trinajstić information content (AvgIpc) is 2.65. The monoisotopic (exact) mass is 368 g/mol. The fraction of sp³-hybridized carbons (Fsp3) is 0.381. The minimum Gasteiger partial charge on any atom is -0.482 e. The Labute approximate surface area is 156 Å². The van der Waals surface area contributed by atoms with Gasteiger partial charge in [0.1, 0.15) is 17.3 Å². The fourth-order valence-corrected chi connectivity index (χ4v) is 4.08. The molecular weight excluding hydrogens is 348 g/mol. The number of hydrogen-bond acceptors (Lipinski definition) is 5. The van der Waals surface area contributed by atoms with Gasteiger partial charge in [-0.25, -0.2) is 4.79 Å². The Morgan fingerprint density at radius 1 is 1.04 bits per heavy atom. The van der Waals surface area contributed by atoms with Crippen LogP contribution < -0.4 is 4.74 Å². The second-order valence-electron chi connectivity index (χ2n) is 7.02. The molecule has 0 unspecified atom stereocenters. The molecule has 0 spiro atoms. The highest BCUT2D eigenvalue weighted by atomic mass is 16.5. The summed E-state index contributed by atoms with van der Waals surface area (Å²) >= 11 is 0. The molecule has 0 saturated carbocycles. The molecule has 0 amide bonds. The largest absolute Gasteiger partial charge is 0.482 e. The molecule has 4 rings (SSSR count). The lowest BCUT2D eigenvalue weighted by molar-refractivity contribution is -0.139. The van der Waals surface area contributed by atoms with Crippen LogP contribution in [0, 0.1) is 0 Å². The number of carbonyl (C=O) groups is 3. The second-order valence-corrected chi connectivity index (χ2v) is 7.02. The topological polar surface area (TPSA) is 89.9 Å². The molecule has 140 valence electrons. The van der Waals surface area contributed by atoms with Gasteiger partial charge in [0.25, 0.3) is 0 Å². The number of carboxylic acid groups (broad SMARTS) is 1. The molecule has 1 aliphatic heterocycles. The van der Waals surface area contributed by atoms with Crippen molar-refractivity contribution >= 4 is 17.5 Å². The molecule has 0 bridgehead atoms. The first-order chi connectivity index (χ1) is 13.0. The van der Waals surface area contributed by atoms with Crippen molar-refractivity contribution in [1.82, 2.24) is 0 Å². The van der Waals surface area contributed by atoms with Crippen molar-refractivity contribution in [2.24, 2.45) is 0 Å². The van der Waals surface area contributed by atoms with E-state index in [1.165, 1.54) is 0 Å². The number of aliphatic carboxylic acids is 1. The lowest BCUT2D eigenvalue weighted by Gasteiger charge is -2.36. The van der Waals surface area contributed by atoms with E-state index in [0.717, 1.165) is 18.4 Å². The van der Waals surface area contributed by atoms with E-state index < -0.39 is 18.5 Å². The van der Waals surface area contributed by atoms with Crippen LogP contribution in [0.4, 0.5) is 0 Å². The van der Waals surface area contributed by atoms with E-state index in [9.17, 15) is 14.4 Å². The first-order valence-electron chi connectivity index (χ1n) is 9.19. The molecule has 0 radical (unpaired) electrons. The van der Waals surface area contributed by atoms with Gasteiger partial charge in [-0.1, -0.05) is 12.1 Å². The average molecular weight is 368 g/mol. The minimum absolute atomic E-state index is 0.0167. The second kappa shape index (κ2) is 7.02. The van der Waals surface area contributed by atoms with E-state index in [2.05, 4.69) is 0 Å². The quantitative estimate of drug-likeness (QED) is 0.877. The zero-order valence-corrected chi connectivity index (χ0v) is 14.8. The third kappa shape index (κ3) is 3.27. The van der Waals surface area contributed by atoms with Crippen molar-refractivity contribution in [1.29, 1.82) is 0 Å². The number of ether oxygens (including phenoxy) is 2. The highest BCUT2D eigenvalue weighted by molar-refractivity contribution is 6.05. The number of rotatable bonds is 4. The lowest BCUT2D eigenvalue weighted by atomic mass is 9.73. The van der Waals surface area contributed by atoms with Crippen LogP contribution in [0.15, 0.2) is 46.9 Å². The molecule has 6 heteroatoms. The Kier molecular flexibility index (Phi) is 4.56. The van der Waals surface area contributed by atoms with Gasteiger partial charge in [-0.3, -0.25) is 9.59 Å². The summed E-state index contributed by atoms with van der Waals surface area (Å²) in [4.78, 5) is 36.2. The number of hydrogen-bond donors (Lipinski definition) is 1. The molecule has 6 nitrogen and oxygen atoms in total. The van der Waals surface area contributed by atoms with Crippen molar-refractivity contribution in [3.8, 4) is 5.75 Å². The predicted octanol–water partition coefficient (Wildman–Crippen LogP) is 3.28. The zero-order chi connectivity index (χ0) is 19.0. The smallest absolute Gasteiger partial charge is 0.341 e. The third-order valence-corrected chi connectivity index (χ3v) is 5.19. The SMILES string of the molecule is O=C(O)COc1cccc(C2C3=C(CCCC3=O)OC3=C2C(=O)CCC3)c1. The number of Topliss-reactive ketones (excluding diaryl/α,β-unsaturated/α-hetero) is 2. The van der Waals surface area contributed by atoms with Crippen LogP contribution in [0.3, 0.4) is 0 Å². The summed E-state index contributed by atoms with van der Waals surface area (Å²) in [5.41, 5.74) is 1.91. The summed E-state index contributed by atoms with van der Waals surface area (Å²) in [7, 11) is 0. The van der Waals surface area contributed by atoms with Gasteiger partial charge >= 0.3 is 5.97 Å². The molecule has 0 atom stereocenters. The Morgan fingerprint density at radius 2 is 1.67 bits per heavy atom. The molecule has 0 fully saturated rings. The number of carbonyl (C=O) groups excluding carboxylic acids is 2. The molecule has 1 aromatic carbocycles. The molecule has 0 saturated heterocycles. The van der Waals surface area contributed by atoms with Gasteiger partial charge in [0.05, 0.1) is 0 Å². The van der Waals surface area contributed by atoms with Gasteiger partial charge in [0, 0.05) is 42.7 Å². The van der Waals surface area contributed by atoms with Gasteiger partial charge < -0.3 is 14.6 Å². The molecular formula is C21H20O6. The molecule has 0 aromatic heterocycles. The van der Waals surface area contributed by atoms with Gasteiger partial charge in [0.2, 0.25) is 0 Å². The summed E-state index contributed by atoms with van der Waals surface area (Å²) in [6, 6.07) is 6.99. The van der Waals surface area contributed by atoms with Gasteiger partial charge in [0.15, 0.2) is 18.2 Å². The maximum atomic E-state index is 12.7. The van der Waals surface area contributed by atoms with Crippen molar-refractivity contribution in [3.63, 3.8) is 0 Å². The highest BCUT2D eigenvalue weighted by Gasteiger charge is 2.41. The van der Waals surface area contributed by atoms with Crippen molar-refractivity contribution in [2.75, 3.05) is 6.61 Å². The summed E-state index contributed by atoms with van der Waals surface area (Å²) < 4.78 is 11.3. The Morgan fingerprint density at radius 3 is 2.26 bits per heavy atom. The summed E-state index contributed by atoms with van der Waals surface area (Å²) in [5.74, 6) is 0.274. The van der Waals surface area contributed by atoms with Gasteiger partial charge in [-0.15, -0.1) is 0 Å². The van der Waals surface area contributed by atoms with E-state index in [4.69, 9.17) is 14.6 Å². The lowest BCUT2D eigenvalue weighted by Crippen LogP contribution is -2.30. The van der Waals surface area contributed by atoms with Crippen LogP contribution in [0.25, 0.3) is 0 Å². The standard InChI is InChI=1S/C21H20O6/c22-14-6-2-8-16-20(14)19(21-15(23)7-3-9-17(21)27-16)12-4-1-5-13(10-12)26-11-18(24)25/h1,4-5,10,19H,2-3,6-9,11H2,(H,24,25). The molecule has 1 heterocycles. The summed E-state index contributed by atoms with van der Waals surface area (Å²) in [6.07, 6.45) is 3.79. The molecule has 1 aromatic rings. The van der Waals surface area contributed by atoms with E-state index in [-0.39, 0.29) is 11.6 Å². The number of carboxylic acids is 1. The molecule has 2 aliphatic carbocycles. The van der Waals surface area contributed by atoms with E-state index in [1.54, 1.807) is 18.2 Å². The number of benzene rings is 1. The van der Waals surface area contributed by atoms with Crippen LogP contribution in [0.1, 0.15) is 50.0 Å². The van der Waals surface area contributed by atoms with Gasteiger partial charge in [-0.2, -0.15) is 0 Å². The first-order valence-corrected chi connectivity index (χ1v) is 9.19. The van der Waals surface area contributed by atoms with Crippen LogP contribution in [-0.2, 0) is 19.1 Å². The van der Waals surface area contributed by atoms with Crippen LogP contribution in [-0.4, -0.2) is 29.2 Å². The Hall–Kier alpha value is -2.89. The molecule has 3 aliphatic rings. The highest BCUT2D eigenvalue weighted by Crippen LogP contribution is 2.48. The van der Waals surface area contributed by atoms with Gasteiger partial charge in [-0.05, 0) is 30.5 Å². The predicted molar refractivity (Wildman–Crippen MR) is 95.2 cm³/mol. The normalized spacial score (nSPS) is 20.1. The third-order valence-electron chi connectivity index (χ3n) is 5.19. The Balaban J connectivity index is 1.80. The van der Waals surface area contributed by atoms with Crippen molar-refractivity contribution in [3.05, 3.63) is 52.5 Å². The van der Waals surface area contributed by atoms with Crippen LogP contribution in [0.5, 0.6) is 5.75 Å². The first kappa shape index (κ1) is 17.5. The molecule has 27 heavy (non-hydrogen) atoms. The summed E-state index contributed by atoms with van der Waals surface area (Å²) in [5, 5.41) is 8.83. The number of allylic oxidation sites excluding steroid dienone is 4. The maximum absolute atomic E-state index is 12.7. The minimum atomic E-state index is -1.06. The van der Waals surface area contributed by atoms with Crippen LogP contribution >= 0.6 is 0 Å².